The average molecular weight is 197 g/mol. The van der Waals surface area contributed by atoms with Crippen LogP contribution in [-0.4, -0.2) is 35.6 Å². The molecule has 1 aliphatic heterocycles. The monoisotopic (exact) mass is 197 g/mol. The molecule has 0 radical (unpaired) electrons. The first-order valence-corrected chi connectivity index (χ1v) is 5.68. The summed E-state index contributed by atoms with van der Waals surface area (Å²) < 4.78 is 0. The minimum Gasteiger partial charge on any atom is -0.396 e. The minimum atomic E-state index is 0.229. The molecule has 0 unspecified atom stereocenters. The minimum absolute atomic E-state index is 0.229. The van der Waals surface area contributed by atoms with Crippen LogP contribution in [0, 0.1) is 11.8 Å². The van der Waals surface area contributed by atoms with Crippen LogP contribution in [0.25, 0.3) is 0 Å². The van der Waals surface area contributed by atoms with Gasteiger partial charge in [0.1, 0.15) is 0 Å². The van der Waals surface area contributed by atoms with Crippen molar-refractivity contribution in [2.75, 3.05) is 19.7 Å². The van der Waals surface area contributed by atoms with E-state index in [0.717, 1.165) is 32.4 Å². The standard InChI is InChI=1S/C11H19NO2/c13-8-10-2-1-5-12(7-10)11(14)6-9-3-4-9/h9-10,13H,1-8H2/t10-/m1/s1. The molecule has 1 N–H and O–H groups in total. The van der Waals surface area contributed by atoms with E-state index in [1.54, 1.807) is 0 Å². The first-order chi connectivity index (χ1) is 6.79. The maximum absolute atomic E-state index is 11.8. The van der Waals surface area contributed by atoms with Crippen LogP contribution < -0.4 is 0 Å². The molecule has 2 rings (SSSR count). The Hall–Kier alpha value is -0.570. The molecule has 2 aliphatic rings. The zero-order chi connectivity index (χ0) is 9.97. The predicted molar refractivity (Wildman–Crippen MR) is 53.7 cm³/mol. The summed E-state index contributed by atoms with van der Waals surface area (Å²) in [6, 6.07) is 0. The fourth-order valence-electron chi connectivity index (χ4n) is 2.14. The molecule has 1 heterocycles. The van der Waals surface area contributed by atoms with Crippen LogP contribution in [0.2, 0.25) is 0 Å². The highest BCUT2D eigenvalue weighted by Crippen LogP contribution is 2.33. The zero-order valence-electron chi connectivity index (χ0n) is 8.61. The highest BCUT2D eigenvalue weighted by Gasteiger charge is 2.29. The van der Waals surface area contributed by atoms with Crippen molar-refractivity contribution in [2.45, 2.75) is 32.1 Å². The second-order valence-electron chi connectivity index (χ2n) is 4.68. The second-order valence-corrected chi connectivity index (χ2v) is 4.68. The molecule has 0 spiro atoms. The van der Waals surface area contributed by atoms with Crippen molar-refractivity contribution >= 4 is 5.91 Å². The number of hydrogen-bond acceptors (Lipinski definition) is 2. The lowest BCUT2D eigenvalue weighted by Crippen LogP contribution is -2.41. The molecule has 1 atom stereocenters. The Labute approximate surface area is 85.1 Å². The van der Waals surface area contributed by atoms with Gasteiger partial charge in [0, 0.05) is 26.1 Å². The molecule has 1 aliphatic carbocycles. The molecule has 1 saturated carbocycles. The Morgan fingerprint density at radius 1 is 1.29 bits per heavy atom. The van der Waals surface area contributed by atoms with Crippen LogP contribution in [0.1, 0.15) is 32.1 Å². The molecular formula is C11H19NO2. The SMILES string of the molecule is O=C(CC1CC1)N1CCC[C@@H](CO)C1. The van der Waals surface area contributed by atoms with Gasteiger partial charge < -0.3 is 10.0 Å². The lowest BCUT2D eigenvalue weighted by molar-refractivity contribution is -0.133. The van der Waals surface area contributed by atoms with Crippen LogP contribution in [0.3, 0.4) is 0 Å². The van der Waals surface area contributed by atoms with Crippen molar-refractivity contribution in [1.29, 1.82) is 0 Å². The van der Waals surface area contributed by atoms with Crippen LogP contribution in [0.15, 0.2) is 0 Å². The second kappa shape index (κ2) is 4.30. The quantitative estimate of drug-likeness (QED) is 0.733. The van der Waals surface area contributed by atoms with E-state index in [2.05, 4.69) is 0 Å². The van der Waals surface area contributed by atoms with Crippen LogP contribution >= 0.6 is 0 Å². The summed E-state index contributed by atoms with van der Waals surface area (Å²) in [6.07, 6.45) is 5.36. The van der Waals surface area contributed by atoms with Gasteiger partial charge >= 0.3 is 0 Å². The van der Waals surface area contributed by atoms with Crippen LogP contribution in [0.5, 0.6) is 0 Å². The number of nitrogens with zero attached hydrogens (tertiary/aromatic N) is 1. The maximum Gasteiger partial charge on any atom is 0.222 e. The highest BCUT2D eigenvalue weighted by molar-refractivity contribution is 5.76. The van der Waals surface area contributed by atoms with E-state index in [0.29, 0.717) is 17.7 Å². The first kappa shape index (κ1) is 9.97. The number of likely N-dealkylation sites (tertiary alicyclic amines) is 1. The highest BCUT2D eigenvalue weighted by atomic mass is 16.3. The molecule has 1 amide bonds. The van der Waals surface area contributed by atoms with Crippen molar-refractivity contribution in [3.05, 3.63) is 0 Å². The van der Waals surface area contributed by atoms with Crippen molar-refractivity contribution in [2.24, 2.45) is 11.8 Å². The maximum atomic E-state index is 11.8. The topological polar surface area (TPSA) is 40.5 Å². The predicted octanol–water partition coefficient (Wildman–Crippen LogP) is 1.02. The molecule has 14 heavy (non-hydrogen) atoms. The third-order valence-electron chi connectivity index (χ3n) is 3.29. The summed E-state index contributed by atoms with van der Waals surface area (Å²) in [7, 11) is 0. The number of carbonyl (C=O) groups is 1. The van der Waals surface area contributed by atoms with Gasteiger partial charge in [0.15, 0.2) is 0 Å². The van der Waals surface area contributed by atoms with Crippen molar-refractivity contribution < 1.29 is 9.90 Å². The van der Waals surface area contributed by atoms with Gasteiger partial charge in [-0.2, -0.15) is 0 Å². The van der Waals surface area contributed by atoms with E-state index in [4.69, 9.17) is 5.11 Å². The van der Waals surface area contributed by atoms with Gasteiger partial charge in [-0.25, -0.2) is 0 Å². The number of piperidine rings is 1. The molecule has 0 aromatic carbocycles. The Kier molecular flexibility index (Phi) is 3.06. The van der Waals surface area contributed by atoms with Gasteiger partial charge in [0.05, 0.1) is 0 Å². The fraction of sp³-hybridized carbons (Fsp3) is 0.909. The van der Waals surface area contributed by atoms with E-state index in [9.17, 15) is 4.79 Å². The summed E-state index contributed by atoms with van der Waals surface area (Å²) in [6.45, 7) is 1.91. The van der Waals surface area contributed by atoms with Gasteiger partial charge in [-0.05, 0) is 37.5 Å². The number of carbonyl (C=O) groups excluding carboxylic acids is 1. The molecular weight excluding hydrogens is 178 g/mol. The van der Waals surface area contributed by atoms with Crippen molar-refractivity contribution in [3.63, 3.8) is 0 Å². The lowest BCUT2D eigenvalue weighted by Gasteiger charge is -2.31. The zero-order valence-corrected chi connectivity index (χ0v) is 8.61. The van der Waals surface area contributed by atoms with Gasteiger partial charge in [0.25, 0.3) is 0 Å². The van der Waals surface area contributed by atoms with E-state index in [1.165, 1.54) is 12.8 Å². The Bertz CT molecular complexity index is 213. The van der Waals surface area contributed by atoms with E-state index in [1.807, 2.05) is 4.90 Å². The van der Waals surface area contributed by atoms with Crippen LogP contribution in [-0.2, 0) is 4.79 Å². The molecule has 3 nitrogen and oxygen atoms in total. The van der Waals surface area contributed by atoms with E-state index < -0.39 is 0 Å². The summed E-state index contributed by atoms with van der Waals surface area (Å²) in [5.74, 6) is 1.31. The third kappa shape index (κ3) is 2.47. The number of aliphatic hydroxyl groups is 1. The van der Waals surface area contributed by atoms with Gasteiger partial charge in [-0.1, -0.05) is 0 Å². The molecule has 1 saturated heterocycles. The fourth-order valence-corrected chi connectivity index (χ4v) is 2.14. The number of hydrogen-bond donors (Lipinski definition) is 1. The Balaban J connectivity index is 1.79. The number of amides is 1. The third-order valence-corrected chi connectivity index (χ3v) is 3.29. The Morgan fingerprint density at radius 2 is 2.07 bits per heavy atom. The van der Waals surface area contributed by atoms with E-state index in [-0.39, 0.29) is 6.61 Å². The van der Waals surface area contributed by atoms with Crippen molar-refractivity contribution in [3.8, 4) is 0 Å². The molecule has 0 aromatic heterocycles. The van der Waals surface area contributed by atoms with Crippen molar-refractivity contribution in [1.82, 2.24) is 4.90 Å². The Morgan fingerprint density at radius 3 is 2.71 bits per heavy atom. The smallest absolute Gasteiger partial charge is 0.222 e. The molecule has 80 valence electrons. The summed E-state index contributed by atoms with van der Waals surface area (Å²) in [5, 5.41) is 9.05. The molecule has 3 heteroatoms. The van der Waals surface area contributed by atoms with Gasteiger partial charge in [-0.15, -0.1) is 0 Å². The summed E-state index contributed by atoms with van der Waals surface area (Å²) >= 11 is 0. The summed E-state index contributed by atoms with van der Waals surface area (Å²) in [5.41, 5.74) is 0. The largest absolute Gasteiger partial charge is 0.396 e. The number of rotatable bonds is 3. The molecule has 0 bridgehead atoms. The van der Waals surface area contributed by atoms with Gasteiger partial charge in [0.2, 0.25) is 5.91 Å². The van der Waals surface area contributed by atoms with Crippen LogP contribution in [0.4, 0.5) is 0 Å². The molecule has 0 aromatic rings. The number of aliphatic hydroxyl groups excluding tert-OH is 1. The van der Waals surface area contributed by atoms with Gasteiger partial charge in [-0.3, -0.25) is 4.79 Å². The average Bonchev–Trinajstić information content (AvgIpc) is 3.02. The molecule has 2 fully saturated rings. The summed E-state index contributed by atoms with van der Waals surface area (Å²) in [4.78, 5) is 13.7. The first-order valence-electron chi connectivity index (χ1n) is 5.68. The normalized spacial score (nSPS) is 27.8. The lowest BCUT2D eigenvalue weighted by atomic mass is 9.98. The van der Waals surface area contributed by atoms with E-state index >= 15 is 0 Å².